The van der Waals surface area contributed by atoms with Crippen LogP contribution in [0.5, 0.6) is 5.75 Å². The Labute approximate surface area is 246 Å². The minimum atomic E-state index is -1.16. The quantitative estimate of drug-likeness (QED) is 0.296. The van der Waals surface area contributed by atoms with Crippen LogP contribution in [0, 0.1) is 5.92 Å². The highest BCUT2D eigenvalue weighted by Crippen LogP contribution is 2.45. The molecule has 0 spiro atoms. The van der Waals surface area contributed by atoms with Gasteiger partial charge < -0.3 is 28.6 Å². The normalized spacial score (nSPS) is 24.9. The van der Waals surface area contributed by atoms with Gasteiger partial charge in [0.2, 0.25) is 0 Å². The van der Waals surface area contributed by atoms with Crippen molar-refractivity contribution < 1.29 is 33.3 Å². The minimum Gasteiger partial charge on any atom is -0.497 e. The third-order valence-electron chi connectivity index (χ3n) is 7.48. The molecule has 0 radical (unpaired) electrons. The third kappa shape index (κ3) is 7.42. The van der Waals surface area contributed by atoms with Gasteiger partial charge in [0.1, 0.15) is 28.9 Å². The van der Waals surface area contributed by atoms with Crippen LogP contribution in [0.15, 0.2) is 59.6 Å². The maximum atomic E-state index is 12.9. The average molecular weight is 585 g/mol. The summed E-state index contributed by atoms with van der Waals surface area (Å²) in [5.74, 6) is -1.52. The molecule has 0 amide bonds. The summed E-state index contributed by atoms with van der Waals surface area (Å²) in [6.07, 6.45) is 0.101. The van der Waals surface area contributed by atoms with E-state index in [4.69, 9.17) is 28.7 Å². The zero-order chi connectivity index (χ0) is 29.6. The van der Waals surface area contributed by atoms with Gasteiger partial charge in [0.15, 0.2) is 5.17 Å². The first-order valence-electron chi connectivity index (χ1n) is 13.9. The highest BCUT2D eigenvalue weighted by atomic mass is 32.2. The maximum absolute atomic E-state index is 12.9. The lowest BCUT2D eigenvalue weighted by Gasteiger charge is -2.48. The number of aliphatic imine (C=N–C) groups is 1. The van der Waals surface area contributed by atoms with E-state index in [2.05, 4.69) is 0 Å². The van der Waals surface area contributed by atoms with Crippen LogP contribution < -0.4 is 4.74 Å². The number of carbonyl (C=O) groups excluding carboxylic acids is 2. The van der Waals surface area contributed by atoms with Crippen molar-refractivity contribution >= 4 is 28.9 Å². The van der Waals surface area contributed by atoms with Crippen LogP contribution in [0.4, 0.5) is 0 Å². The predicted octanol–water partition coefficient (Wildman–Crippen LogP) is 4.47. The Hall–Kier alpha value is -3.08. The number of fused-ring (bicyclic) bond motifs is 1. The second-order valence-corrected chi connectivity index (χ2v) is 11.8. The number of thioether (sulfide) groups is 1. The van der Waals surface area contributed by atoms with Crippen molar-refractivity contribution in [3.63, 3.8) is 0 Å². The molecule has 1 unspecified atom stereocenters. The largest absolute Gasteiger partial charge is 0.497 e. The Morgan fingerprint density at radius 1 is 1.05 bits per heavy atom. The summed E-state index contributed by atoms with van der Waals surface area (Å²) in [5, 5.41) is 0.851. The predicted molar refractivity (Wildman–Crippen MR) is 158 cm³/mol. The fourth-order valence-electron chi connectivity index (χ4n) is 5.30. The Kier molecular flexibility index (Phi) is 10.3. The van der Waals surface area contributed by atoms with E-state index in [-0.39, 0.29) is 30.1 Å². The molecule has 2 aromatic carbocycles. The molecule has 6 atom stereocenters. The van der Waals surface area contributed by atoms with Crippen LogP contribution >= 0.6 is 11.8 Å². The molecule has 0 aliphatic carbocycles. The molecule has 1 saturated heterocycles. The smallest absolute Gasteiger partial charge is 0.418 e. The van der Waals surface area contributed by atoms with E-state index in [1.165, 1.54) is 11.8 Å². The summed E-state index contributed by atoms with van der Waals surface area (Å²) in [5.41, 5.74) is 0.592. The van der Waals surface area contributed by atoms with E-state index in [0.717, 1.165) is 22.0 Å². The lowest BCUT2D eigenvalue weighted by atomic mass is 9.78. The molecule has 4 rings (SSSR count). The van der Waals surface area contributed by atoms with Gasteiger partial charge >= 0.3 is 11.9 Å². The van der Waals surface area contributed by atoms with Crippen molar-refractivity contribution in [2.45, 2.75) is 69.5 Å². The number of benzene rings is 2. The molecular formula is C31H40N2O7S. The van der Waals surface area contributed by atoms with Crippen LogP contribution in [0.2, 0.25) is 0 Å². The van der Waals surface area contributed by atoms with Crippen molar-refractivity contribution in [1.82, 2.24) is 4.90 Å². The van der Waals surface area contributed by atoms with Crippen LogP contribution in [0.3, 0.4) is 0 Å². The fourth-order valence-corrected chi connectivity index (χ4v) is 6.43. The number of amidine groups is 1. The summed E-state index contributed by atoms with van der Waals surface area (Å²) in [6.45, 7) is 6.00. The number of esters is 2. The molecule has 41 heavy (non-hydrogen) atoms. The maximum Gasteiger partial charge on any atom is 0.418 e. The number of carbonyl (C=O) groups is 2. The zero-order valence-electron chi connectivity index (χ0n) is 24.6. The van der Waals surface area contributed by atoms with Crippen molar-refractivity contribution in [2.75, 3.05) is 27.8 Å². The Morgan fingerprint density at radius 2 is 1.76 bits per heavy atom. The Morgan fingerprint density at radius 3 is 2.39 bits per heavy atom. The number of hydrogen-bond acceptors (Lipinski definition) is 10. The van der Waals surface area contributed by atoms with E-state index in [0.29, 0.717) is 19.4 Å². The first kappa shape index (κ1) is 30.9. The summed E-state index contributed by atoms with van der Waals surface area (Å²) in [4.78, 5) is 32.2. The number of methoxy groups -OCH3 is 1. The zero-order valence-corrected chi connectivity index (χ0v) is 25.4. The van der Waals surface area contributed by atoms with Crippen LogP contribution in [0.25, 0.3) is 0 Å². The van der Waals surface area contributed by atoms with Crippen molar-refractivity contribution in [3.05, 3.63) is 65.7 Å². The number of aryl methyl sites for hydroxylation is 1. The number of hydrogen-bond donors (Lipinski definition) is 0. The number of ether oxygens (including phenoxy) is 5. The van der Waals surface area contributed by atoms with E-state index in [1.807, 2.05) is 87.4 Å². The molecule has 9 nitrogen and oxygen atoms in total. The van der Waals surface area contributed by atoms with Gasteiger partial charge in [0, 0.05) is 20.0 Å². The summed E-state index contributed by atoms with van der Waals surface area (Å²) in [7, 11) is 5.52. The highest BCUT2D eigenvalue weighted by molar-refractivity contribution is 8.14. The second kappa shape index (κ2) is 13.7. The van der Waals surface area contributed by atoms with Crippen LogP contribution in [-0.4, -0.2) is 79.1 Å². The van der Waals surface area contributed by atoms with Crippen LogP contribution in [0.1, 0.15) is 38.3 Å². The summed E-state index contributed by atoms with van der Waals surface area (Å²) < 4.78 is 29.5. The lowest BCUT2D eigenvalue weighted by Crippen LogP contribution is -2.60. The van der Waals surface area contributed by atoms with Gasteiger partial charge in [-0.15, -0.1) is 0 Å². The second-order valence-electron chi connectivity index (χ2n) is 10.7. The van der Waals surface area contributed by atoms with Gasteiger partial charge in [0.05, 0.1) is 26.4 Å². The number of rotatable bonds is 10. The molecule has 0 N–H and O–H groups in total. The summed E-state index contributed by atoms with van der Waals surface area (Å²) >= 11 is 1.53. The molecule has 0 bridgehead atoms. The molecule has 10 heteroatoms. The molecule has 2 aliphatic heterocycles. The van der Waals surface area contributed by atoms with E-state index in [1.54, 1.807) is 14.0 Å². The Bertz CT molecular complexity index is 1210. The first-order valence-corrected chi connectivity index (χ1v) is 14.8. The highest BCUT2D eigenvalue weighted by Gasteiger charge is 2.55. The van der Waals surface area contributed by atoms with E-state index < -0.39 is 23.6 Å². The van der Waals surface area contributed by atoms with Gasteiger partial charge in [-0.25, -0.2) is 9.59 Å². The van der Waals surface area contributed by atoms with Crippen molar-refractivity contribution in [1.29, 1.82) is 0 Å². The third-order valence-corrected chi connectivity index (χ3v) is 8.78. The molecule has 0 aromatic heterocycles. The SMILES string of the molecule is CCOC(=O)C(=O)OC(C)(CCc1ccc(OC)cc1)[C@H]1O[C@@H]2SC(N(C)C)=N[C@@H]2[C@@H](OCc2ccccc2)[C@@H]1C. The van der Waals surface area contributed by atoms with Gasteiger partial charge in [0.25, 0.3) is 0 Å². The van der Waals surface area contributed by atoms with Gasteiger partial charge in [-0.3, -0.25) is 4.99 Å². The average Bonchev–Trinajstić information content (AvgIpc) is 3.41. The van der Waals surface area contributed by atoms with Crippen molar-refractivity contribution in [2.24, 2.45) is 10.9 Å². The molecule has 2 aromatic rings. The van der Waals surface area contributed by atoms with Gasteiger partial charge in [-0.2, -0.15) is 0 Å². The first-order chi connectivity index (χ1) is 19.6. The minimum absolute atomic E-state index is 0.0767. The van der Waals surface area contributed by atoms with E-state index in [9.17, 15) is 9.59 Å². The van der Waals surface area contributed by atoms with Gasteiger partial charge in [-0.05, 0) is 49.9 Å². The number of nitrogens with zero attached hydrogens (tertiary/aromatic N) is 2. The molecule has 1 fully saturated rings. The molecule has 222 valence electrons. The summed E-state index contributed by atoms with van der Waals surface area (Å²) in [6, 6.07) is 17.5. The lowest BCUT2D eigenvalue weighted by molar-refractivity contribution is -0.219. The monoisotopic (exact) mass is 584 g/mol. The standard InChI is InChI=1S/C31H40N2O7S/c1-7-37-27(34)28(35)40-31(3,18-17-21-13-15-23(36-6)16-14-21)26-20(2)25(38-19-22-11-9-8-10-12-22)24-29(39-26)41-30(32-24)33(4)5/h8-16,20,24-26,29H,7,17-19H2,1-6H3/t20-,24+,25-,26-,29+,31?/m0/s1. The topological polar surface area (TPSA) is 95.9 Å². The van der Waals surface area contributed by atoms with Gasteiger partial charge in [-0.1, -0.05) is 61.2 Å². The molecular weight excluding hydrogens is 544 g/mol. The van der Waals surface area contributed by atoms with Crippen LogP contribution in [-0.2, 0) is 41.6 Å². The molecule has 2 aliphatic rings. The van der Waals surface area contributed by atoms with E-state index >= 15 is 0 Å². The van der Waals surface area contributed by atoms with Crippen molar-refractivity contribution in [3.8, 4) is 5.75 Å². The Balaban J connectivity index is 1.63. The molecule has 2 heterocycles. The fraction of sp³-hybridized carbons (Fsp3) is 0.516. The molecule has 0 saturated carbocycles.